The van der Waals surface area contributed by atoms with Gasteiger partial charge in [0.15, 0.2) is 12.2 Å². The largest absolute Gasteiger partial charge is 0.497 e. The Morgan fingerprint density at radius 2 is 1.33 bits per heavy atom. The molecule has 1 aliphatic rings. The van der Waals surface area contributed by atoms with Gasteiger partial charge in [0.05, 0.1) is 7.11 Å². The van der Waals surface area contributed by atoms with Gasteiger partial charge in [0.2, 0.25) is 12.4 Å². The quantitative estimate of drug-likeness (QED) is 0.323. The molecule has 0 bridgehead atoms. The first kappa shape index (κ1) is 29.4. The molecule has 11 nitrogen and oxygen atoms in total. The number of methoxy groups -OCH3 is 1. The molecule has 2 aromatic carbocycles. The zero-order valence-electron chi connectivity index (χ0n) is 22.4. The molecular formula is C28H32O11. The molecule has 1 aliphatic heterocycles. The molecule has 1 fully saturated rings. The van der Waals surface area contributed by atoms with Crippen LogP contribution in [0.1, 0.15) is 38.8 Å². The number of esters is 4. The molecule has 39 heavy (non-hydrogen) atoms. The van der Waals surface area contributed by atoms with Gasteiger partial charge in [-0.05, 0) is 29.3 Å². The highest BCUT2D eigenvalue weighted by Gasteiger charge is 2.53. The fourth-order valence-electron chi connectivity index (χ4n) is 4.14. The summed E-state index contributed by atoms with van der Waals surface area (Å²) in [4.78, 5) is 47.6. The number of hydrogen-bond donors (Lipinski definition) is 0. The van der Waals surface area contributed by atoms with E-state index < -0.39 is 54.6 Å². The van der Waals surface area contributed by atoms with Crippen molar-refractivity contribution in [3.63, 3.8) is 0 Å². The molecule has 210 valence electrons. The molecule has 1 heterocycles. The van der Waals surface area contributed by atoms with Gasteiger partial charge in [0.1, 0.15) is 24.2 Å². The molecule has 0 aromatic heterocycles. The predicted molar refractivity (Wildman–Crippen MR) is 135 cm³/mol. The van der Waals surface area contributed by atoms with Gasteiger partial charge in [-0.25, -0.2) is 0 Å². The molecule has 2 aromatic rings. The van der Waals surface area contributed by atoms with Gasteiger partial charge in [0, 0.05) is 34.1 Å². The Morgan fingerprint density at radius 1 is 0.744 bits per heavy atom. The van der Waals surface area contributed by atoms with E-state index in [9.17, 15) is 19.2 Å². The van der Waals surface area contributed by atoms with E-state index in [0.717, 1.165) is 30.7 Å². The first-order chi connectivity index (χ1) is 18.6. The lowest BCUT2D eigenvalue weighted by molar-refractivity contribution is -0.288. The van der Waals surface area contributed by atoms with Crippen LogP contribution in [0, 0.1) is 0 Å². The van der Waals surface area contributed by atoms with E-state index in [1.807, 2.05) is 36.4 Å². The van der Waals surface area contributed by atoms with Gasteiger partial charge < -0.3 is 33.2 Å². The minimum Gasteiger partial charge on any atom is -0.497 e. The van der Waals surface area contributed by atoms with Gasteiger partial charge in [-0.15, -0.1) is 0 Å². The highest BCUT2D eigenvalue weighted by atomic mass is 16.7. The van der Waals surface area contributed by atoms with Crippen LogP contribution in [0.15, 0.2) is 48.5 Å². The number of carbonyl (C=O) groups is 4. The van der Waals surface area contributed by atoms with E-state index in [4.69, 9.17) is 33.2 Å². The Kier molecular flexibility index (Phi) is 10.3. The van der Waals surface area contributed by atoms with E-state index in [2.05, 4.69) is 0 Å². The first-order valence-corrected chi connectivity index (χ1v) is 12.2. The second kappa shape index (κ2) is 13.6. The van der Waals surface area contributed by atoms with E-state index >= 15 is 0 Å². The molecule has 0 unspecified atom stereocenters. The van der Waals surface area contributed by atoms with Gasteiger partial charge in [-0.3, -0.25) is 19.2 Å². The van der Waals surface area contributed by atoms with E-state index in [1.165, 1.54) is 13.8 Å². The van der Waals surface area contributed by atoms with Crippen molar-refractivity contribution in [1.29, 1.82) is 0 Å². The third-order valence-electron chi connectivity index (χ3n) is 5.72. The van der Waals surface area contributed by atoms with Crippen molar-refractivity contribution >= 4 is 23.9 Å². The summed E-state index contributed by atoms with van der Waals surface area (Å²) in [6.45, 7) is 4.35. The van der Waals surface area contributed by atoms with Crippen LogP contribution in [0.2, 0.25) is 0 Å². The number of rotatable bonds is 10. The lowest BCUT2D eigenvalue weighted by atomic mass is 9.98. The molecule has 11 heteroatoms. The summed E-state index contributed by atoms with van der Waals surface area (Å²) >= 11 is 0. The van der Waals surface area contributed by atoms with Crippen LogP contribution in [0.3, 0.4) is 0 Å². The molecule has 5 atom stereocenters. The molecular weight excluding hydrogens is 512 g/mol. The van der Waals surface area contributed by atoms with Crippen molar-refractivity contribution in [1.82, 2.24) is 0 Å². The Morgan fingerprint density at radius 3 is 1.92 bits per heavy atom. The molecule has 0 amide bonds. The van der Waals surface area contributed by atoms with Crippen LogP contribution >= 0.6 is 0 Å². The SMILES string of the molecule is COc1ccc(Cc2ccccc2O[C@H]2O[C@H](COC(C)=O)[C@@H](OC(C)=O)[C@H](OC(C)=O)[C@H]2OC(C)=O)cc1. The maximum atomic E-state index is 12.1. The summed E-state index contributed by atoms with van der Waals surface area (Å²) in [7, 11) is 1.59. The van der Waals surface area contributed by atoms with Crippen LogP contribution in [0.4, 0.5) is 0 Å². The fourth-order valence-corrected chi connectivity index (χ4v) is 4.14. The molecule has 3 rings (SSSR count). The second-order valence-corrected chi connectivity index (χ2v) is 8.82. The number of para-hydroxylation sites is 1. The molecule has 0 N–H and O–H groups in total. The topological polar surface area (TPSA) is 133 Å². The zero-order valence-corrected chi connectivity index (χ0v) is 22.4. The van der Waals surface area contributed by atoms with E-state index in [0.29, 0.717) is 12.2 Å². The smallest absolute Gasteiger partial charge is 0.303 e. The summed E-state index contributed by atoms with van der Waals surface area (Å²) in [6, 6.07) is 14.7. The minimum absolute atomic E-state index is 0.342. The highest BCUT2D eigenvalue weighted by molar-refractivity contribution is 5.68. The molecule has 0 spiro atoms. The van der Waals surface area contributed by atoms with Crippen molar-refractivity contribution in [2.45, 2.75) is 64.8 Å². The predicted octanol–water partition coefficient (Wildman–Crippen LogP) is 2.75. The third kappa shape index (κ3) is 8.44. The van der Waals surface area contributed by atoms with E-state index in [-0.39, 0.29) is 6.61 Å². The van der Waals surface area contributed by atoms with Crippen LogP contribution < -0.4 is 9.47 Å². The summed E-state index contributed by atoms with van der Waals surface area (Å²) in [6.07, 6.45) is -5.83. The summed E-state index contributed by atoms with van der Waals surface area (Å²) in [5.74, 6) is -1.61. The Balaban J connectivity index is 1.97. The lowest BCUT2D eigenvalue weighted by Gasteiger charge is -2.44. The van der Waals surface area contributed by atoms with Gasteiger partial charge >= 0.3 is 23.9 Å². The van der Waals surface area contributed by atoms with Gasteiger partial charge in [-0.1, -0.05) is 30.3 Å². The van der Waals surface area contributed by atoms with Crippen LogP contribution in [-0.4, -0.2) is 68.3 Å². The van der Waals surface area contributed by atoms with Gasteiger partial charge in [-0.2, -0.15) is 0 Å². The number of benzene rings is 2. The third-order valence-corrected chi connectivity index (χ3v) is 5.72. The molecule has 0 radical (unpaired) electrons. The summed E-state index contributed by atoms with van der Waals surface area (Å²) in [5.41, 5.74) is 1.77. The number of hydrogen-bond acceptors (Lipinski definition) is 11. The highest BCUT2D eigenvalue weighted by Crippen LogP contribution is 2.32. The average molecular weight is 545 g/mol. The summed E-state index contributed by atoms with van der Waals surface area (Å²) < 4.78 is 38.9. The summed E-state index contributed by atoms with van der Waals surface area (Å²) in [5, 5.41) is 0. The Bertz CT molecular complexity index is 1160. The molecule has 1 saturated heterocycles. The van der Waals surface area contributed by atoms with E-state index in [1.54, 1.807) is 19.2 Å². The van der Waals surface area contributed by atoms with Crippen LogP contribution in [0.5, 0.6) is 11.5 Å². The normalized spacial score (nSPS) is 22.2. The lowest BCUT2D eigenvalue weighted by Crippen LogP contribution is -2.63. The Labute approximate surface area is 226 Å². The number of carbonyl (C=O) groups excluding carboxylic acids is 4. The maximum absolute atomic E-state index is 12.1. The Hall–Kier alpha value is -4.12. The second-order valence-electron chi connectivity index (χ2n) is 8.82. The number of ether oxygens (including phenoxy) is 7. The monoisotopic (exact) mass is 544 g/mol. The minimum atomic E-state index is -1.32. The van der Waals surface area contributed by atoms with Crippen molar-refractivity contribution in [3.05, 3.63) is 59.7 Å². The van der Waals surface area contributed by atoms with Crippen LogP contribution in [-0.2, 0) is 49.3 Å². The first-order valence-electron chi connectivity index (χ1n) is 12.2. The fraction of sp³-hybridized carbons (Fsp3) is 0.429. The zero-order chi connectivity index (χ0) is 28.5. The van der Waals surface area contributed by atoms with Crippen molar-refractivity contribution in [3.8, 4) is 11.5 Å². The van der Waals surface area contributed by atoms with Gasteiger partial charge in [0.25, 0.3) is 0 Å². The van der Waals surface area contributed by atoms with Crippen molar-refractivity contribution in [2.75, 3.05) is 13.7 Å². The van der Waals surface area contributed by atoms with Crippen molar-refractivity contribution in [2.24, 2.45) is 0 Å². The van der Waals surface area contributed by atoms with Crippen molar-refractivity contribution < 1.29 is 52.3 Å². The standard InChI is InChI=1S/C28H32O11/c1-16(29)34-15-24-25(35-17(2)30)26(36-18(3)31)27(37-19(4)32)28(39-24)38-23-9-7-6-8-21(23)14-20-10-12-22(33-5)13-11-20/h6-13,24-28H,14-15H2,1-5H3/t24-,25-,26+,27-,28+/m1/s1. The average Bonchev–Trinajstić information content (AvgIpc) is 2.87. The maximum Gasteiger partial charge on any atom is 0.303 e. The molecule has 0 aliphatic carbocycles. The van der Waals surface area contributed by atoms with Crippen LogP contribution in [0.25, 0.3) is 0 Å². The molecule has 0 saturated carbocycles.